The van der Waals surface area contributed by atoms with Gasteiger partial charge >= 0.3 is 0 Å². The third-order valence-electron chi connectivity index (χ3n) is 4.28. The van der Waals surface area contributed by atoms with E-state index in [-0.39, 0.29) is 5.91 Å². The van der Waals surface area contributed by atoms with Crippen molar-refractivity contribution in [1.82, 2.24) is 4.57 Å². The SMILES string of the molecule is C=CCn1c(=NC(=O)c2ccc(Oc3ccccc3)cc2)sc2cc(Cl)cc(Cl)c21. The lowest BCUT2D eigenvalue weighted by atomic mass is 10.2. The normalized spacial score (nSPS) is 11.6. The van der Waals surface area contributed by atoms with Crippen LogP contribution in [0.15, 0.2) is 84.4 Å². The van der Waals surface area contributed by atoms with Gasteiger partial charge in [-0.1, -0.05) is 58.8 Å². The van der Waals surface area contributed by atoms with E-state index in [0.29, 0.717) is 32.7 Å². The van der Waals surface area contributed by atoms with E-state index in [1.807, 2.05) is 41.0 Å². The van der Waals surface area contributed by atoms with Gasteiger partial charge in [-0.05, 0) is 48.5 Å². The number of thiazole rings is 1. The molecule has 4 aromatic rings. The Morgan fingerprint density at radius 1 is 1.07 bits per heavy atom. The third kappa shape index (κ3) is 4.33. The number of fused-ring (bicyclic) bond motifs is 1. The van der Waals surface area contributed by atoms with Gasteiger partial charge in [0.1, 0.15) is 11.5 Å². The molecule has 0 radical (unpaired) electrons. The molecule has 0 saturated carbocycles. The zero-order valence-electron chi connectivity index (χ0n) is 15.7. The molecule has 0 aliphatic carbocycles. The monoisotopic (exact) mass is 454 g/mol. The van der Waals surface area contributed by atoms with Gasteiger partial charge in [0.15, 0.2) is 4.80 Å². The number of nitrogens with zero attached hydrogens (tertiary/aromatic N) is 2. The van der Waals surface area contributed by atoms with Crippen LogP contribution in [0.3, 0.4) is 0 Å². The molecule has 0 spiro atoms. The minimum atomic E-state index is -0.354. The maximum absolute atomic E-state index is 12.8. The van der Waals surface area contributed by atoms with E-state index in [1.54, 1.807) is 36.4 Å². The van der Waals surface area contributed by atoms with Crippen molar-refractivity contribution in [1.29, 1.82) is 0 Å². The van der Waals surface area contributed by atoms with E-state index >= 15 is 0 Å². The van der Waals surface area contributed by atoms with Crippen LogP contribution in [0.2, 0.25) is 10.0 Å². The summed E-state index contributed by atoms with van der Waals surface area (Å²) < 4.78 is 8.48. The molecule has 0 saturated heterocycles. The van der Waals surface area contributed by atoms with Crippen LogP contribution in [0.4, 0.5) is 0 Å². The zero-order valence-corrected chi connectivity index (χ0v) is 18.0. The van der Waals surface area contributed by atoms with Gasteiger partial charge in [0.25, 0.3) is 5.91 Å². The number of hydrogen-bond acceptors (Lipinski definition) is 3. The fourth-order valence-electron chi connectivity index (χ4n) is 2.95. The van der Waals surface area contributed by atoms with E-state index in [9.17, 15) is 4.79 Å². The van der Waals surface area contributed by atoms with Gasteiger partial charge in [0.2, 0.25) is 0 Å². The molecule has 150 valence electrons. The number of halogens is 2. The van der Waals surface area contributed by atoms with Gasteiger partial charge in [0.05, 0.1) is 15.2 Å². The number of benzene rings is 3. The van der Waals surface area contributed by atoms with E-state index in [4.69, 9.17) is 27.9 Å². The quantitative estimate of drug-likeness (QED) is 0.313. The summed E-state index contributed by atoms with van der Waals surface area (Å²) in [4.78, 5) is 17.6. The van der Waals surface area contributed by atoms with Gasteiger partial charge in [-0.2, -0.15) is 4.99 Å². The Morgan fingerprint density at radius 3 is 2.47 bits per heavy atom. The fraction of sp³-hybridized carbons (Fsp3) is 0.0435. The maximum atomic E-state index is 12.8. The van der Waals surface area contributed by atoms with Crippen molar-refractivity contribution in [2.75, 3.05) is 0 Å². The number of rotatable bonds is 5. The number of para-hydroxylation sites is 1. The molecule has 0 bridgehead atoms. The minimum Gasteiger partial charge on any atom is -0.457 e. The average molecular weight is 455 g/mol. The lowest BCUT2D eigenvalue weighted by Gasteiger charge is -2.05. The number of aromatic nitrogens is 1. The van der Waals surface area contributed by atoms with Crippen LogP contribution in [-0.4, -0.2) is 10.5 Å². The predicted molar refractivity (Wildman–Crippen MR) is 123 cm³/mol. The van der Waals surface area contributed by atoms with E-state index < -0.39 is 0 Å². The summed E-state index contributed by atoms with van der Waals surface area (Å²) in [5.74, 6) is 1.02. The lowest BCUT2D eigenvalue weighted by Crippen LogP contribution is -2.16. The first kappa shape index (κ1) is 20.4. The van der Waals surface area contributed by atoms with E-state index in [0.717, 1.165) is 16.0 Å². The van der Waals surface area contributed by atoms with Gasteiger partial charge < -0.3 is 9.30 Å². The van der Waals surface area contributed by atoms with E-state index in [2.05, 4.69) is 11.6 Å². The topological polar surface area (TPSA) is 43.6 Å². The summed E-state index contributed by atoms with van der Waals surface area (Å²) in [5.41, 5.74) is 1.24. The Balaban J connectivity index is 1.67. The highest BCUT2D eigenvalue weighted by Crippen LogP contribution is 2.30. The molecule has 0 aliphatic heterocycles. The molecule has 0 aliphatic rings. The summed E-state index contributed by atoms with van der Waals surface area (Å²) >= 11 is 13.9. The van der Waals surface area contributed by atoms with Crippen LogP contribution in [0.5, 0.6) is 11.5 Å². The maximum Gasteiger partial charge on any atom is 0.279 e. The Kier molecular flexibility index (Phi) is 6.04. The van der Waals surface area contributed by atoms with Crippen molar-refractivity contribution < 1.29 is 9.53 Å². The van der Waals surface area contributed by atoms with Crippen molar-refractivity contribution in [3.8, 4) is 11.5 Å². The molecule has 4 rings (SSSR count). The van der Waals surface area contributed by atoms with Crippen LogP contribution >= 0.6 is 34.5 Å². The zero-order chi connectivity index (χ0) is 21.1. The Bertz CT molecular complexity index is 1290. The van der Waals surface area contributed by atoms with Crippen LogP contribution < -0.4 is 9.54 Å². The number of hydrogen-bond donors (Lipinski definition) is 0. The summed E-state index contributed by atoms with van der Waals surface area (Å²) in [7, 11) is 0. The average Bonchev–Trinajstić information content (AvgIpc) is 3.06. The molecule has 1 aromatic heterocycles. The summed E-state index contributed by atoms with van der Waals surface area (Å²) in [6.07, 6.45) is 1.73. The Labute approximate surface area is 187 Å². The first-order chi connectivity index (χ1) is 14.5. The first-order valence-electron chi connectivity index (χ1n) is 9.06. The van der Waals surface area contributed by atoms with Gasteiger partial charge in [-0.25, -0.2) is 0 Å². The molecular weight excluding hydrogens is 439 g/mol. The van der Waals surface area contributed by atoms with Gasteiger partial charge in [-0.15, -0.1) is 6.58 Å². The van der Waals surface area contributed by atoms with Crippen molar-refractivity contribution in [2.24, 2.45) is 4.99 Å². The number of ether oxygens (including phenoxy) is 1. The van der Waals surface area contributed by atoms with Crippen molar-refractivity contribution in [3.05, 3.63) is 99.8 Å². The minimum absolute atomic E-state index is 0.354. The second-order valence-corrected chi connectivity index (χ2v) is 8.23. The Morgan fingerprint density at radius 2 is 1.77 bits per heavy atom. The molecular formula is C23H16Cl2N2O2S. The second kappa shape index (κ2) is 8.88. The lowest BCUT2D eigenvalue weighted by molar-refractivity contribution is 0.0998. The molecule has 4 nitrogen and oxygen atoms in total. The van der Waals surface area contributed by atoms with Crippen LogP contribution in [0, 0.1) is 0 Å². The standard InChI is InChI=1S/C23H16Cl2N2O2S/c1-2-12-27-21-19(25)13-16(24)14-20(21)30-23(27)26-22(28)15-8-10-18(11-9-15)29-17-6-4-3-5-7-17/h2-11,13-14H,1,12H2. The molecule has 1 heterocycles. The van der Waals surface area contributed by atoms with E-state index in [1.165, 1.54) is 11.3 Å². The van der Waals surface area contributed by atoms with Crippen LogP contribution in [-0.2, 0) is 6.54 Å². The Hall–Kier alpha value is -2.86. The number of allylic oxidation sites excluding steroid dienone is 1. The van der Waals surface area contributed by atoms with Gasteiger partial charge in [0, 0.05) is 17.1 Å². The molecule has 30 heavy (non-hydrogen) atoms. The molecule has 1 amide bonds. The predicted octanol–water partition coefficient (Wildman–Crippen LogP) is 6.73. The summed E-state index contributed by atoms with van der Waals surface area (Å²) in [6.45, 7) is 4.26. The largest absolute Gasteiger partial charge is 0.457 e. The molecule has 0 N–H and O–H groups in total. The molecule has 0 atom stereocenters. The molecule has 7 heteroatoms. The van der Waals surface area contributed by atoms with Gasteiger partial charge in [-0.3, -0.25) is 4.79 Å². The van der Waals surface area contributed by atoms with Crippen molar-refractivity contribution in [3.63, 3.8) is 0 Å². The third-order valence-corrected chi connectivity index (χ3v) is 5.82. The summed E-state index contributed by atoms with van der Waals surface area (Å²) in [5, 5.41) is 1.04. The highest BCUT2D eigenvalue weighted by Gasteiger charge is 2.12. The highest BCUT2D eigenvalue weighted by atomic mass is 35.5. The molecule has 0 unspecified atom stereocenters. The highest BCUT2D eigenvalue weighted by molar-refractivity contribution is 7.16. The molecule has 0 fully saturated rings. The number of carbonyl (C=O) groups excluding carboxylic acids is 1. The first-order valence-corrected chi connectivity index (χ1v) is 10.6. The second-order valence-electron chi connectivity index (χ2n) is 6.37. The van der Waals surface area contributed by atoms with Crippen molar-refractivity contribution >= 4 is 50.7 Å². The molecule has 3 aromatic carbocycles. The fourth-order valence-corrected chi connectivity index (χ4v) is 4.77. The smallest absolute Gasteiger partial charge is 0.279 e. The van der Waals surface area contributed by atoms with Crippen molar-refractivity contribution in [2.45, 2.75) is 6.54 Å². The number of amides is 1. The number of carbonyl (C=O) groups is 1. The summed E-state index contributed by atoms with van der Waals surface area (Å²) in [6, 6.07) is 19.8. The van der Waals surface area contributed by atoms with Crippen LogP contribution in [0.25, 0.3) is 10.2 Å². The van der Waals surface area contributed by atoms with Crippen LogP contribution in [0.1, 0.15) is 10.4 Å².